The van der Waals surface area contributed by atoms with E-state index in [2.05, 4.69) is 4.90 Å². The molecule has 1 aliphatic carbocycles. The normalized spacial score (nSPS) is 20.5. The van der Waals surface area contributed by atoms with Crippen molar-refractivity contribution in [1.82, 2.24) is 14.5 Å². The lowest BCUT2D eigenvalue weighted by molar-refractivity contribution is -0.134. The predicted molar refractivity (Wildman–Crippen MR) is 131 cm³/mol. The molecule has 1 saturated carbocycles. The number of fused-ring (bicyclic) bond motifs is 2. The van der Waals surface area contributed by atoms with Gasteiger partial charge in [0, 0.05) is 12.6 Å². The third-order valence-corrected chi connectivity index (χ3v) is 7.88. The van der Waals surface area contributed by atoms with Gasteiger partial charge in [0.15, 0.2) is 5.16 Å². The second kappa shape index (κ2) is 9.59. The van der Waals surface area contributed by atoms with Crippen LogP contribution in [0.5, 0.6) is 5.75 Å². The molecule has 2 fully saturated rings. The molecule has 6 nitrogen and oxygen atoms in total. The van der Waals surface area contributed by atoms with Crippen molar-refractivity contribution in [3.05, 3.63) is 58.9 Å². The molecule has 2 aromatic carbocycles. The Bertz CT molecular complexity index is 1220. The molecule has 3 aromatic rings. The highest BCUT2D eigenvalue weighted by Gasteiger charge is 2.35. The first-order valence-corrected chi connectivity index (χ1v) is 12.7. The number of hydrogen-bond acceptors (Lipinski definition) is 5. The molecule has 1 aromatic heterocycles. The van der Waals surface area contributed by atoms with Crippen LogP contribution in [0.1, 0.15) is 38.5 Å². The van der Waals surface area contributed by atoms with Gasteiger partial charge >= 0.3 is 0 Å². The number of rotatable bonds is 5. The molecule has 33 heavy (non-hydrogen) atoms. The molecule has 0 spiro atoms. The number of hydrogen-bond donors (Lipinski definition) is 0. The van der Waals surface area contributed by atoms with E-state index in [0.29, 0.717) is 39.5 Å². The van der Waals surface area contributed by atoms with Gasteiger partial charge in [0.1, 0.15) is 5.75 Å². The van der Waals surface area contributed by atoms with E-state index in [1.165, 1.54) is 37.4 Å². The van der Waals surface area contributed by atoms with Crippen LogP contribution in [0.2, 0.25) is 0 Å². The molecule has 0 N–H and O–H groups in total. The number of ether oxygens (including phenoxy) is 1. The average molecular weight is 464 g/mol. The molecule has 2 atom stereocenters. The van der Waals surface area contributed by atoms with Gasteiger partial charge in [-0.25, -0.2) is 4.98 Å². The van der Waals surface area contributed by atoms with Crippen molar-refractivity contribution in [3.8, 4) is 11.4 Å². The summed E-state index contributed by atoms with van der Waals surface area (Å²) in [5.74, 6) is 1.65. The Balaban J connectivity index is 1.48. The Labute approximate surface area is 198 Å². The second-order valence-corrected chi connectivity index (χ2v) is 9.80. The maximum atomic E-state index is 13.5. The molecule has 7 heteroatoms. The molecular weight excluding hydrogens is 434 g/mol. The van der Waals surface area contributed by atoms with E-state index >= 15 is 0 Å². The number of carbonyl (C=O) groups is 1. The lowest BCUT2D eigenvalue weighted by Gasteiger charge is -2.44. The van der Waals surface area contributed by atoms with Gasteiger partial charge in [-0.05, 0) is 55.9 Å². The van der Waals surface area contributed by atoms with Crippen LogP contribution in [0.15, 0.2) is 58.5 Å². The fourth-order valence-corrected chi connectivity index (χ4v) is 6.27. The van der Waals surface area contributed by atoms with E-state index in [1.807, 2.05) is 42.5 Å². The Hall–Kier alpha value is -2.80. The van der Waals surface area contributed by atoms with Crippen molar-refractivity contribution < 1.29 is 9.53 Å². The van der Waals surface area contributed by atoms with Crippen LogP contribution in [0.3, 0.4) is 0 Å². The maximum Gasteiger partial charge on any atom is 0.266 e. The number of piperidine rings is 1. The highest BCUT2D eigenvalue weighted by molar-refractivity contribution is 7.99. The molecule has 5 rings (SSSR count). The van der Waals surface area contributed by atoms with Crippen LogP contribution in [0, 0.1) is 5.92 Å². The van der Waals surface area contributed by atoms with Gasteiger partial charge in [0.05, 0.1) is 29.5 Å². The quantitative estimate of drug-likeness (QED) is 0.407. The second-order valence-electron chi connectivity index (χ2n) is 8.85. The molecule has 1 saturated heterocycles. The van der Waals surface area contributed by atoms with Crippen molar-refractivity contribution in [1.29, 1.82) is 0 Å². The minimum Gasteiger partial charge on any atom is -0.495 e. The summed E-state index contributed by atoms with van der Waals surface area (Å²) in [7, 11) is 1.59. The highest BCUT2D eigenvalue weighted by Crippen LogP contribution is 2.36. The largest absolute Gasteiger partial charge is 0.495 e. The van der Waals surface area contributed by atoms with Crippen molar-refractivity contribution >= 4 is 28.6 Å². The Morgan fingerprint density at radius 3 is 2.70 bits per heavy atom. The van der Waals surface area contributed by atoms with Crippen molar-refractivity contribution in [2.75, 3.05) is 19.4 Å². The van der Waals surface area contributed by atoms with Gasteiger partial charge in [0.2, 0.25) is 5.91 Å². The van der Waals surface area contributed by atoms with Gasteiger partial charge in [-0.3, -0.25) is 14.2 Å². The zero-order valence-corrected chi connectivity index (χ0v) is 19.7. The van der Waals surface area contributed by atoms with Gasteiger partial charge in [-0.1, -0.05) is 48.9 Å². The van der Waals surface area contributed by atoms with Gasteiger partial charge in [-0.15, -0.1) is 0 Å². The van der Waals surface area contributed by atoms with Crippen molar-refractivity contribution in [2.45, 2.75) is 49.7 Å². The first kappa shape index (κ1) is 22.0. The van der Waals surface area contributed by atoms with Gasteiger partial charge < -0.3 is 9.64 Å². The fraction of sp³-hybridized carbons (Fsp3) is 0.423. The summed E-state index contributed by atoms with van der Waals surface area (Å²) in [5, 5.41) is 1.05. The summed E-state index contributed by atoms with van der Waals surface area (Å²) >= 11 is 1.34. The van der Waals surface area contributed by atoms with Crippen LogP contribution < -0.4 is 10.3 Å². The molecule has 1 amide bonds. The van der Waals surface area contributed by atoms with E-state index in [1.54, 1.807) is 17.7 Å². The number of para-hydroxylation sites is 3. The van der Waals surface area contributed by atoms with Crippen LogP contribution in [-0.4, -0.2) is 45.8 Å². The molecule has 0 unspecified atom stereocenters. The molecule has 2 aliphatic rings. The monoisotopic (exact) mass is 463 g/mol. The summed E-state index contributed by atoms with van der Waals surface area (Å²) < 4.78 is 7.11. The van der Waals surface area contributed by atoms with Crippen LogP contribution in [0.4, 0.5) is 0 Å². The lowest BCUT2D eigenvalue weighted by atomic mass is 9.78. The summed E-state index contributed by atoms with van der Waals surface area (Å²) in [6.07, 6.45) is 7.16. The van der Waals surface area contributed by atoms with E-state index in [9.17, 15) is 9.59 Å². The zero-order valence-electron chi connectivity index (χ0n) is 18.9. The number of nitrogens with zero attached hydrogens (tertiary/aromatic N) is 3. The van der Waals surface area contributed by atoms with E-state index < -0.39 is 0 Å². The topological polar surface area (TPSA) is 64.4 Å². The summed E-state index contributed by atoms with van der Waals surface area (Å²) in [4.78, 5) is 33.7. The number of aromatic nitrogens is 2. The van der Waals surface area contributed by atoms with Gasteiger partial charge in [0.25, 0.3) is 5.56 Å². The minimum atomic E-state index is -0.162. The van der Waals surface area contributed by atoms with E-state index in [4.69, 9.17) is 9.72 Å². The third-order valence-electron chi connectivity index (χ3n) is 6.96. The van der Waals surface area contributed by atoms with Gasteiger partial charge in [-0.2, -0.15) is 0 Å². The number of benzene rings is 2. The summed E-state index contributed by atoms with van der Waals surface area (Å²) in [5.41, 5.74) is 1.10. The number of methoxy groups -OCH3 is 1. The predicted octanol–water partition coefficient (Wildman–Crippen LogP) is 4.67. The average Bonchev–Trinajstić information content (AvgIpc) is 2.87. The maximum absolute atomic E-state index is 13.5. The SMILES string of the molecule is COc1ccccc1-n1c(SCC(=O)N2CCC[C@H]3CCCC[C@H]32)nc2ccccc2c1=O. The third kappa shape index (κ3) is 4.26. The minimum absolute atomic E-state index is 0.144. The molecular formula is C26H29N3O3S. The lowest BCUT2D eigenvalue weighted by Crippen LogP contribution is -2.50. The molecule has 172 valence electrons. The Morgan fingerprint density at radius 1 is 1.06 bits per heavy atom. The summed E-state index contributed by atoms with van der Waals surface area (Å²) in [6.45, 7) is 0.838. The highest BCUT2D eigenvalue weighted by atomic mass is 32.2. The summed E-state index contributed by atoms with van der Waals surface area (Å²) in [6, 6.07) is 15.1. The number of thioether (sulfide) groups is 1. The van der Waals surface area contributed by atoms with E-state index in [-0.39, 0.29) is 17.2 Å². The molecule has 0 bridgehead atoms. The van der Waals surface area contributed by atoms with Crippen LogP contribution in [-0.2, 0) is 4.79 Å². The fourth-order valence-electron chi connectivity index (χ4n) is 5.38. The number of likely N-dealkylation sites (tertiary alicyclic amines) is 1. The number of carbonyl (C=O) groups excluding carboxylic acids is 1. The van der Waals surface area contributed by atoms with Crippen molar-refractivity contribution in [2.24, 2.45) is 5.92 Å². The number of amides is 1. The zero-order chi connectivity index (χ0) is 22.8. The molecule has 2 heterocycles. The first-order chi connectivity index (χ1) is 16.2. The molecule has 0 radical (unpaired) electrons. The van der Waals surface area contributed by atoms with Crippen molar-refractivity contribution in [3.63, 3.8) is 0 Å². The van der Waals surface area contributed by atoms with E-state index in [0.717, 1.165) is 19.4 Å². The van der Waals surface area contributed by atoms with Crippen LogP contribution >= 0.6 is 11.8 Å². The first-order valence-electron chi connectivity index (χ1n) is 11.7. The van der Waals surface area contributed by atoms with Crippen LogP contribution in [0.25, 0.3) is 16.6 Å². The standard InChI is InChI=1S/C26H29N3O3S/c1-32-23-15-7-6-14-22(23)29-25(31)19-11-3-4-12-20(19)27-26(29)33-17-24(30)28-16-8-10-18-9-2-5-13-21(18)28/h3-4,6-7,11-12,14-15,18,21H,2,5,8-10,13,16-17H2,1H3/t18-,21-/m1/s1. The Morgan fingerprint density at radius 2 is 1.82 bits per heavy atom. The smallest absolute Gasteiger partial charge is 0.266 e. The Kier molecular flexibility index (Phi) is 6.40. The molecule has 1 aliphatic heterocycles.